The highest BCUT2D eigenvalue weighted by Gasteiger charge is 2.34. The number of carbonyl (C=O) groups is 1. The van der Waals surface area contributed by atoms with Gasteiger partial charge in [-0.2, -0.15) is 0 Å². The van der Waals surface area contributed by atoms with Gasteiger partial charge in [-0.1, -0.05) is 18.6 Å². The molecule has 2 rings (SSSR count). The standard InChI is InChI=1S/C11H17NO/c1-8-5-9(2)7-12(6-8)11(13)10-3-4-10/h5,8,10H,3-4,6-7H2,1-2H3. The van der Waals surface area contributed by atoms with Crippen molar-refractivity contribution in [2.75, 3.05) is 13.1 Å². The summed E-state index contributed by atoms with van der Waals surface area (Å²) in [6, 6.07) is 0. The van der Waals surface area contributed by atoms with E-state index >= 15 is 0 Å². The van der Waals surface area contributed by atoms with E-state index in [1.807, 2.05) is 4.90 Å². The Morgan fingerprint density at radius 3 is 2.77 bits per heavy atom. The minimum Gasteiger partial charge on any atom is -0.338 e. The molecule has 1 saturated carbocycles. The zero-order valence-corrected chi connectivity index (χ0v) is 8.42. The summed E-state index contributed by atoms with van der Waals surface area (Å²) in [4.78, 5) is 13.8. The summed E-state index contributed by atoms with van der Waals surface area (Å²) < 4.78 is 0. The normalized spacial score (nSPS) is 28.6. The Balaban J connectivity index is 2.01. The van der Waals surface area contributed by atoms with Gasteiger partial charge in [0.25, 0.3) is 0 Å². The number of hydrogen-bond acceptors (Lipinski definition) is 1. The maximum Gasteiger partial charge on any atom is 0.225 e. The van der Waals surface area contributed by atoms with Crippen molar-refractivity contribution >= 4 is 5.91 Å². The molecule has 72 valence electrons. The van der Waals surface area contributed by atoms with Crippen molar-refractivity contribution < 1.29 is 4.79 Å². The molecule has 0 aromatic carbocycles. The predicted molar refractivity (Wildman–Crippen MR) is 52.2 cm³/mol. The first-order valence-electron chi connectivity index (χ1n) is 5.13. The third kappa shape index (κ3) is 1.93. The molecular weight excluding hydrogens is 162 g/mol. The van der Waals surface area contributed by atoms with Crippen LogP contribution >= 0.6 is 0 Å². The van der Waals surface area contributed by atoms with Gasteiger partial charge in [-0.3, -0.25) is 4.79 Å². The summed E-state index contributed by atoms with van der Waals surface area (Å²) in [7, 11) is 0. The third-order valence-corrected chi connectivity index (χ3v) is 2.76. The Labute approximate surface area is 79.6 Å². The molecular formula is C11H17NO. The van der Waals surface area contributed by atoms with E-state index in [1.165, 1.54) is 5.57 Å². The molecule has 1 atom stereocenters. The van der Waals surface area contributed by atoms with Gasteiger partial charge in [0.1, 0.15) is 0 Å². The largest absolute Gasteiger partial charge is 0.338 e. The third-order valence-electron chi connectivity index (χ3n) is 2.76. The van der Waals surface area contributed by atoms with Crippen molar-refractivity contribution in [3.8, 4) is 0 Å². The molecule has 0 bridgehead atoms. The quantitative estimate of drug-likeness (QED) is 0.562. The zero-order chi connectivity index (χ0) is 9.42. The van der Waals surface area contributed by atoms with Gasteiger partial charge in [-0.25, -0.2) is 0 Å². The number of rotatable bonds is 1. The van der Waals surface area contributed by atoms with Crippen molar-refractivity contribution in [3.63, 3.8) is 0 Å². The van der Waals surface area contributed by atoms with E-state index in [-0.39, 0.29) is 0 Å². The second-order valence-corrected chi connectivity index (χ2v) is 4.48. The molecule has 1 unspecified atom stereocenters. The molecule has 1 amide bonds. The lowest BCUT2D eigenvalue weighted by Crippen LogP contribution is -2.39. The fourth-order valence-electron chi connectivity index (χ4n) is 2.06. The summed E-state index contributed by atoms with van der Waals surface area (Å²) in [6.45, 7) is 6.07. The van der Waals surface area contributed by atoms with Crippen LogP contribution in [0.2, 0.25) is 0 Å². The van der Waals surface area contributed by atoms with Crippen molar-refractivity contribution in [2.24, 2.45) is 11.8 Å². The average molecular weight is 179 g/mol. The van der Waals surface area contributed by atoms with Crippen molar-refractivity contribution in [3.05, 3.63) is 11.6 Å². The van der Waals surface area contributed by atoms with Gasteiger partial charge in [-0.05, 0) is 25.7 Å². The number of hydrogen-bond donors (Lipinski definition) is 0. The Morgan fingerprint density at radius 1 is 1.54 bits per heavy atom. The van der Waals surface area contributed by atoms with Gasteiger partial charge >= 0.3 is 0 Å². The molecule has 0 aromatic heterocycles. The molecule has 1 aliphatic carbocycles. The molecule has 1 fully saturated rings. The molecule has 0 radical (unpaired) electrons. The monoisotopic (exact) mass is 179 g/mol. The number of nitrogens with zero attached hydrogens (tertiary/aromatic N) is 1. The number of carbonyl (C=O) groups excluding carboxylic acids is 1. The lowest BCUT2D eigenvalue weighted by Gasteiger charge is -2.29. The Hall–Kier alpha value is -0.790. The molecule has 1 heterocycles. The highest BCUT2D eigenvalue weighted by molar-refractivity contribution is 5.81. The van der Waals surface area contributed by atoms with Gasteiger partial charge in [0.2, 0.25) is 5.91 Å². The predicted octanol–water partition coefficient (Wildman–Crippen LogP) is 1.82. The van der Waals surface area contributed by atoms with Crippen LogP contribution in [-0.4, -0.2) is 23.9 Å². The van der Waals surface area contributed by atoms with E-state index in [1.54, 1.807) is 0 Å². The SMILES string of the molecule is CC1=CC(C)CN(C(=O)C2CC2)C1. The van der Waals surface area contributed by atoms with Crippen LogP contribution in [0.5, 0.6) is 0 Å². The van der Waals surface area contributed by atoms with Gasteiger partial charge in [-0.15, -0.1) is 0 Å². The molecule has 0 N–H and O–H groups in total. The first kappa shape index (κ1) is 8.79. The van der Waals surface area contributed by atoms with Crippen LogP contribution in [0.25, 0.3) is 0 Å². The maximum atomic E-state index is 11.8. The molecule has 2 aliphatic rings. The molecule has 0 spiro atoms. The summed E-state index contributed by atoms with van der Waals surface area (Å²) in [5.41, 5.74) is 1.34. The molecule has 2 nitrogen and oxygen atoms in total. The second kappa shape index (κ2) is 3.17. The fraction of sp³-hybridized carbons (Fsp3) is 0.727. The molecule has 1 aliphatic heterocycles. The van der Waals surface area contributed by atoms with Crippen LogP contribution in [0, 0.1) is 11.8 Å². The summed E-state index contributed by atoms with van der Waals surface area (Å²) >= 11 is 0. The molecule has 0 saturated heterocycles. The zero-order valence-electron chi connectivity index (χ0n) is 8.42. The van der Waals surface area contributed by atoms with E-state index in [4.69, 9.17) is 0 Å². The lowest BCUT2D eigenvalue weighted by molar-refractivity contribution is -0.132. The van der Waals surface area contributed by atoms with Crippen LogP contribution < -0.4 is 0 Å². The first-order chi connectivity index (χ1) is 6.16. The van der Waals surface area contributed by atoms with Gasteiger partial charge in [0.05, 0.1) is 0 Å². The average Bonchev–Trinajstić information content (AvgIpc) is 2.83. The van der Waals surface area contributed by atoms with E-state index in [0.29, 0.717) is 17.7 Å². The second-order valence-electron chi connectivity index (χ2n) is 4.48. The highest BCUT2D eigenvalue weighted by atomic mass is 16.2. The molecule has 0 aromatic rings. The van der Waals surface area contributed by atoms with Crippen LogP contribution in [0.15, 0.2) is 11.6 Å². The van der Waals surface area contributed by atoms with E-state index in [2.05, 4.69) is 19.9 Å². The smallest absolute Gasteiger partial charge is 0.225 e. The topological polar surface area (TPSA) is 20.3 Å². The summed E-state index contributed by atoms with van der Waals surface area (Å²) in [6.07, 6.45) is 4.51. The van der Waals surface area contributed by atoms with Gasteiger partial charge in [0, 0.05) is 19.0 Å². The minimum absolute atomic E-state index is 0.373. The molecule has 2 heteroatoms. The van der Waals surface area contributed by atoms with Crippen LogP contribution in [0.1, 0.15) is 26.7 Å². The van der Waals surface area contributed by atoms with Crippen LogP contribution in [-0.2, 0) is 4.79 Å². The molecule has 13 heavy (non-hydrogen) atoms. The van der Waals surface area contributed by atoms with Gasteiger partial charge in [0.15, 0.2) is 0 Å². The van der Waals surface area contributed by atoms with Crippen LogP contribution in [0.3, 0.4) is 0 Å². The van der Waals surface area contributed by atoms with E-state index in [0.717, 1.165) is 25.9 Å². The van der Waals surface area contributed by atoms with Gasteiger partial charge < -0.3 is 4.90 Å². The Kier molecular flexibility index (Phi) is 2.14. The maximum absolute atomic E-state index is 11.8. The van der Waals surface area contributed by atoms with Crippen molar-refractivity contribution in [2.45, 2.75) is 26.7 Å². The van der Waals surface area contributed by atoms with Crippen molar-refractivity contribution in [1.82, 2.24) is 4.90 Å². The van der Waals surface area contributed by atoms with Crippen LogP contribution in [0.4, 0.5) is 0 Å². The fourth-order valence-corrected chi connectivity index (χ4v) is 2.06. The van der Waals surface area contributed by atoms with E-state index in [9.17, 15) is 4.79 Å². The Morgan fingerprint density at radius 2 is 2.23 bits per heavy atom. The lowest BCUT2D eigenvalue weighted by atomic mass is 10.0. The minimum atomic E-state index is 0.373. The highest BCUT2D eigenvalue weighted by Crippen LogP contribution is 2.32. The Bertz CT molecular complexity index is 253. The van der Waals surface area contributed by atoms with Crippen molar-refractivity contribution in [1.29, 1.82) is 0 Å². The summed E-state index contributed by atoms with van der Waals surface area (Å²) in [5, 5.41) is 0. The summed E-state index contributed by atoms with van der Waals surface area (Å²) in [5.74, 6) is 1.30. The number of amides is 1. The van der Waals surface area contributed by atoms with E-state index < -0.39 is 0 Å². The first-order valence-corrected chi connectivity index (χ1v) is 5.13.